The number of rotatable bonds is 10. The van der Waals surface area contributed by atoms with E-state index >= 15 is 0 Å². The third kappa shape index (κ3) is 7.15. The summed E-state index contributed by atoms with van der Waals surface area (Å²) in [5.41, 5.74) is 1.60. The van der Waals surface area contributed by atoms with Crippen LogP contribution in [0.5, 0.6) is 11.6 Å². The monoisotopic (exact) mass is 579 g/mol. The van der Waals surface area contributed by atoms with Crippen molar-refractivity contribution in [2.24, 2.45) is 0 Å². The summed E-state index contributed by atoms with van der Waals surface area (Å²) in [4.78, 5) is 8.64. The van der Waals surface area contributed by atoms with Gasteiger partial charge in [0.15, 0.2) is 6.61 Å². The summed E-state index contributed by atoms with van der Waals surface area (Å²) in [6.45, 7) is 1.35. The Kier molecular flexibility index (Phi) is 8.30. The van der Waals surface area contributed by atoms with E-state index in [9.17, 15) is 13.2 Å². The van der Waals surface area contributed by atoms with Gasteiger partial charge in [-0.15, -0.1) is 10.2 Å². The smallest absolute Gasteiger partial charge is 0.422 e. The van der Waals surface area contributed by atoms with Crippen LogP contribution in [0.25, 0.3) is 11.1 Å². The molecule has 1 fully saturated rings. The lowest BCUT2D eigenvalue weighted by Gasteiger charge is -2.22. The number of hydrogen-bond donors (Lipinski definition) is 1. The molecule has 4 aromatic rings. The van der Waals surface area contributed by atoms with Gasteiger partial charge in [0.05, 0.1) is 17.8 Å². The second kappa shape index (κ2) is 12.0. The molecule has 0 spiro atoms. The number of hydrogen-bond acceptors (Lipinski definition) is 10. The molecule has 1 aliphatic rings. The molecular weight excluding hydrogens is 555 g/mol. The lowest BCUT2D eigenvalue weighted by atomic mass is 10.1. The fourth-order valence-electron chi connectivity index (χ4n) is 4.01. The van der Waals surface area contributed by atoms with Crippen molar-refractivity contribution in [1.82, 2.24) is 40.0 Å². The molecule has 0 aliphatic carbocycles. The molecule has 0 radical (unpaired) electrons. The first kappa shape index (κ1) is 27.6. The van der Waals surface area contributed by atoms with Crippen molar-refractivity contribution in [1.29, 1.82) is 0 Å². The van der Waals surface area contributed by atoms with Gasteiger partial charge < -0.3 is 19.5 Å². The second-order valence-corrected chi connectivity index (χ2v) is 9.49. The van der Waals surface area contributed by atoms with Gasteiger partial charge >= 0.3 is 6.18 Å². The first-order valence-corrected chi connectivity index (χ1v) is 12.8. The third-order valence-electron chi connectivity index (χ3n) is 5.85. The summed E-state index contributed by atoms with van der Waals surface area (Å²) in [6.07, 6.45) is 3.50. The molecule has 1 unspecified atom stereocenters. The van der Waals surface area contributed by atoms with E-state index < -0.39 is 19.0 Å². The van der Waals surface area contributed by atoms with Crippen molar-refractivity contribution in [3.63, 3.8) is 0 Å². The Balaban J connectivity index is 1.30. The Bertz CT molecular complexity index is 1400. The van der Waals surface area contributed by atoms with Gasteiger partial charge in [0, 0.05) is 24.6 Å². The van der Waals surface area contributed by atoms with Crippen molar-refractivity contribution in [2.75, 3.05) is 18.5 Å². The van der Waals surface area contributed by atoms with Gasteiger partial charge in [-0.3, -0.25) is 0 Å². The zero-order valence-electron chi connectivity index (χ0n) is 21.3. The summed E-state index contributed by atoms with van der Waals surface area (Å²) in [5.74, 6) is 0.380. The maximum Gasteiger partial charge on any atom is 0.422 e. The molecule has 1 N–H and O–H groups in total. The minimum Gasteiger partial charge on any atom is -0.487 e. The Morgan fingerprint density at radius 2 is 2.02 bits per heavy atom. The first-order chi connectivity index (χ1) is 19.2. The summed E-state index contributed by atoms with van der Waals surface area (Å²) in [7, 11) is 0. The number of ether oxygens (including phenoxy) is 3. The minimum atomic E-state index is -4.52. The van der Waals surface area contributed by atoms with Crippen LogP contribution in [0.3, 0.4) is 0 Å². The van der Waals surface area contributed by atoms with Crippen LogP contribution in [0.4, 0.5) is 24.8 Å². The van der Waals surface area contributed by atoms with Gasteiger partial charge in [-0.05, 0) is 54.3 Å². The molecule has 4 heterocycles. The number of aromatic nitrogens is 8. The quantitative estimate of drug-likeness (QED) is 0.279. The van der Waals surface area contributed by atoms with E-state index in [0.29, 0.717) is 35.9 Å². The highest BCUT2D eigenvalue weighted by Gasteiger charge is 2.30. The van der Waals surface area contributed by atoms with Crippen LogP contribution in [0, 0.1) is 0 Å². The van der Waals surface area contributed by atoms with E-state index in [4.69, 9.17) is 25.8 Å². The third-order valence-corrected chi connectivity index (χ3v) is 6.16. The molecule has 12 nitrogen and oxygen atoms in total. The predicted molar refractivity (Wildman–Crippen MR) is 136 cm³/mol. The summed E-state index contributed by atoms with van der Waals surface area (Å²) < 4.78 is 58.1. The molecule has 2 atom stereocenters. The van der Waals surface area contributed by atoms with Crippen LogP contribution < -0.4 is 14.8 Å². The second-order valence-electron chi connectivity index (χ2n) is 9.08. The van der Waals surface area contributed by atoms with Crippen LogP contribution >= 0.6 is 11.6 Å². The van der Waals surface area contributed by atoms with Gasteiger partial charge in [0.25, 0.3) is 5.88 Å². The zero-order chi connectivity index (χ0) is 28.1. The average Bonchev–Trinajstić information content (AvgIpc) is 3.59. The molecule has 1 aromatic carbocycles. The summed E-state index contributed by atoms with van der Waals surface area (Å²) in [5, 5.41) is 18.5. The van der Waals surface area contributed by atoms with E-state index in [1.54, 1.807) is 35.3 Å². The maximum atomic E-state index is 12.8. The Morgan fingerprint density at radius 3 is 2.73 bits per heavy atom. The number of halogens is 4. The van der Waals surface area contributed by atoms with E-state index in [-0.39, 0.29) is 23.6 Å². The molecule has 5 rings (SSSR count). The highest BCUT2D eigenvalue weighted by atomic mass is 35.5. The number of nitrogens with zero attached hydrogens (tertiary/aromatic N) is 8. The fraction of sp³-hybridized carbons (Fsp3) is 0.417. The van der Waals surface area contributed by atoms with Crippen molar-refractivity contribution in [2.45, 2.75) is 51.2 Å². The van der Waals surface area contributed by atoms with Crippen LogP contribution in [0.1, 0.15) is 32.4 Å². The SMILES string of the molecule is C[C@@H](Cn1cnnn1)Oc1cc(-c2cnc(Nc3cn(C4CCCCO4)nc3OCC(F)(F)F)nc2)ccc1Cl. The van der Waals surface area contributed by atoms with E-state index in [2.05, 4.69) is 35.9 Å². The molecule has 16 heteroatoms. The average molecular weight is 580 g/mol. The maximum absolute atomic E-state index is 12.8. The largest absolute Gasteiger partial charge is 0.487 e. The molecule has 0 saturated carbocycles. The van der Waals surface area contributed by atoms with Crippen molar-refractivity contribution >= 4 is 23.2 Å². The van der Waals surface area contributed by atoms with Crippen molar-refractivity contribution in [3.05, 3.63) is 48.1 Å². The molecule has 3 aromatic heterocycles. The normalized spacial score (nSPS) is 16.5. The standard InChI is InChI=1S/C24H25ClF3N9O3/c1-15(11-36-14-31-34-35-36)40-20-8-16(5-6-18(20)25)17-9-29-23(30-10-17)32-19-12-37(21-4-2-3-7-38-21)33-22(19)39-13-24(26,27)28/h5-6,8-10,12,14-15,21H,2-4,7,11,13H2,1H3,(H,29,30,32)/t15-,21?/m0/s1. The lowest BCUT2D eigenvalue weighted by molar-refractivity contribution is -0.154. The van der Waals surface area contributed by atoms with Crippen LogP contribution in [-0.2, 0) is 11.3 Å². The van der Waals surface area contributed by atoms with Gasteiger partial charge in [-0.25, -0.2) is 19.3 Å². The number of nitrogens with one attached hydrogen (secondary N) is 1. The molecule has 0 bridgehead atoms. The van der Waals surface area contributed by atoms with Gasteiger partial charge in [0.2, 0.25) is 5.95 Å². The number of tetrazole rings is 1. The van der Waals surface area contributed by atoms with Crippen molar-refractivity contribution in [3.8, 4) is 22.8 Å². The fourth-order valence-corrected chi connectivity index (χ4v) is 4.18. The Morgan fingerprint density at radius 1 is 1.20 bits per heavy atom. The molecule has 0 amide bonds. The predicted octanol–water partition coefficient (Wildman–Crippen LogP) is 4.83. The topological polar surface area (TPSA) is 127 Å². The highest BCUT2D eigenvalue weighted by molar-refractivity contribution is 6.32. The number of benzene rings is 1. The molecule has 1 aliphatic heterocycles. The number of anilines is 2. The van der Waals surface area contributed by atoms with Crippen LogP contribution in [0.15, 0.2) is 43.1 Å². The first-order valence-electron chi connectivity index (χ1n) is 12.4. The van der Waals surface area contributed by atoms with Gasteiger partial charge in [0.1, 0.15) is 30.1 Å². The number of alkyl halides is 3. The van der Waals surface area contributed by atoms with Crippen molar-refractivity contribution < 1.29 is 27.4 Å². The highest BCUT2D eigenvalue weighted by Crippen LogP contribution is 2.33. The van der Waals surface area contributed by atoms with E-state index in [1.807, 2.05) is 6.92 Å². The van der Waals surface area contributed by atoms with Gasteiger partial charge in [-0.1, -0.05) is 17.7 Å². The minimum absolute atomic E-state index is 0.144. The summed E-state index contributed by atoms with van der Waals surface area (Å²) in [6, 6.07) is 5.26. The van der Waals surface area contributed by atoms with Crippen LogP contribution in [0.2, 0.25) is 5.02 Å². The van der Waals surface area contributed by atoms with Crippen LogP contribution in [-0.4, -0.2) is 65.4 Å². The molecule has 1 saturated heterocycles. The van der Waals surface area contributed by atoms with Gasteiger partial charge in [-0.2, -0.15) is 13.2 Å². The van der Waals surface area contributed by atoms with E-state index in [0.717, 1.165) is 18.4 Å². The zero-order valence-corrected chi connectivity index (χ0v) is 22.0. The summed E-state index contributed by atoms with van der Waals surface area (Å²) >= 11 is 6.34. The Hall–Kier alpha value is -3.98. The molecule has 40 heavy (non-hydrogen) atoms. The lowest BCUT2D eigenvalue weighted by Crippen LogP contribution is -2.20. The van der Waals surface area contributed by atoms with E-state index in [1.165, 1.54) is 17.2 Å². The molecular formula is C24H25ClF3N9O3. The Labute approximate surface area is 231 Å². The molecule has 212 valence electrons.